The van der Waals surface area contributed by atoms with Crippen molar-refractivity contribution in [3.8, 4) is 6.07 Å². The molecule has 1 aliphatic carbocycles. The van der Waals surface area contributed by atoms with Crippen LogP contribution in [0.5, 0.6) is 0 Å². The molecule has 1 aromatic carbocycles. The Hall–Kier alpha value is -1.70. The van der Waals surface area contributed by atoms with Crippen LogP contribution in [0.15, 0.2) is 18.2 Å². The first-order chi connectivity index (χ1) is 7.93. The molecule has 0 saturated heterocycles. The van der Waals surface area contributed by atoms with Crippen LogP contribution >= 0.6 is 0 Å². The summed E-state index contributed by atoms with van der Waals surface area (Å²) in [7, 11) is 1.81. The van der Waals surface area contributed by atoms with Gasteiger partial charge in [-0.2, -0.15) is 18.4 Å². The van der Waals surface area contributed by atoms with Crippen LogP contribution in [0.25, 0.3) is 0 Å². The third-order valence-corrected chi connectivity index (χ3v) is 2.92. The molecule has 0 bridgehead atoms. The molecular formula is C12H11F3N2. The van der Waals surface area contributed by atoms with Crippen LogP contribution in [0.2, 0.25) is 0 Å². The van der Waals surface area contributed by atoms with Gasteiger partial charge in [0.1, 0.15) is 6.07 Å². The minimum Gasteiger partial charge on any atom is -0.371 e. The molecule has 1 aromatic rings. The number of hydrogen-bond donors (Lipinski definition) is 0. The standard InChI is InChI=1S/C12H11F3N2/c1-17(10-3-4-10)11-5-2-9(12(13,14)15)6-8(11)7-16/h2,5-6,10H,3-4H2,1H3. The third kappa shape index (κ3) is 2.36. The highest BCUT2D eigenvalue weighted by atomic mass is 19.4. The third-order valence-electron chi connectivity index (χ3n) is 2.92. The van der Waals surface area contributed by atoms with Gasteiger partial charge in [0.25, 0.3) is 0 Å². The van der Waals surface area contributed by atoms with E-state index in [1.165, 1.54) is 6.07 Å². The van der Waals surface area contributed by atoms with Gasteiger partial charge < -0.3 is 4.90 Å². The van der Waals surface area contributed by atoms with E-state index in [9.17, 15) is 13.2 Å². The Bertz CT molecular complexity index is 470. The summed E-state index contributed by atoms with van der Waals surface area (Å²) in [5.41, 5.74) is -0.126. The van der Waals surface area contributed by atoms with E-state index in [0.717, 1.165) is 25.0 Å². The number of benzene rings is 1. The Kier molecular flexibility index (Phi) is 2.74. The van der Waals surface area contributed by atoms with Crippen molar-refractivity contribution in [2.75, 3.05) is 11.9 Å². The Labute approximate surface area is 97.3 Å². The van der Waals surface area contributed by atoms with Crippen molar-refractivity contribution in [2.45, 2.75) is 25.1 Å². The molecule has 0 amide bonds. The SMILES string of the molecule is CN(c1ccc(C(F)(F)F)cc1C#N)C1CC1. The van der Waals surface area contributed by atoms with Crippen LogP contribution in [0.3, 0.4) is 0 Å². The predicted octanol–water partition coefficient (Wildman–Crippen LogP) is 3.18. The molecule has 0 atom stereocenters. The molecule has 0 aromatic heterocycles. The fraction of sp³-hybridized carbons (Fsp3) is 0.417. The highest BCUT2D eigenvalue weighted by Gasteiger charge is 2.32. The normalized spacial score (nSPS) is 15.5. The zero-order chi connectivity index (χ0) is 12.6. The maximum atomic E-state index is 12.5. The van der Waals surface area contributed by atoms with Crippen LogP contribution in [-0.4, -0.2) is 13.1 Å². The number of alkyl halides is 3. The van der Waals surface area contributed by atoms with Crippen molar-refractivity contribution in [1.29, 1.82) is 5.26 Å². The van der Waals surface area contributed by atoms with Crippen LogP contribution < -0.4 is 4.90 Å². The lowest BCUT2D eigenvalue weighted by Crippen LogP contribution is -2.20. The summed E-state index contributed by atoms with van der Waals surface area (Å²) in [5, 5.41) is 8.92. The lowest BCUT2D eigenvalue weighted by molar-refractivity contribution is -0.137. The van der Waals surface area contributed by atoms with E-state index in [0.29, 0.717) is 11.7 Å². The summed E-state index contributed by atoms with van der Waals surface area (Å²) < 4.78 is 37.5. The summed E-state index contributed by atoms with van der Waals surface area (Å²) in [6, 6.07) is 5.50. The summed E-state index contributed by atoms with van der Waals surface area (Å²) in [4.78, 5) is 1.87. The minimum absolute atomic E-state index is 0.0780. The number of nitrogens with zero attached hydrogens (tertiary/aromatic N) is 2. The fourth-order valence-electron chi connectivity index (χ4n) is 1.77. The Morgan fingerprint density at radius 1 is 1.35 bits per heavy atom. The van der Waals surface area contributed by atoms with Gasteiger partial charge in [0.2, 0.25) is 0 Å². The van der Waals surface area contributed by atoms with Gasteiger partial charge in [-0.05, 0) is 31.0 Å². The zero-order valence-electron chi connectivity index (χ0n) is 9.25. The average Bonchev–Trinajstić information content (AvgIpc) is 3.09. The highest BCUT2D eigenvalue weighted by Crippen LogP contribution is 2.35. The first-order valence-corrected chi connectivity index (χ1v) is 5.27. The molecule has 0 unspecified atom stereocenters. The molecule has 0 spiro atoms. The predicted molar refractivity (Wildman–Crippen MR) is 57.6 cm³/mol. The maximum Gasteiger partial charge on any atom is 0.416 e. The molecule has 17 heavy (non-hydrogen) atoms. The molecule has 0 N–H and O–H groups in total. The summed E-state index contributed by atoms with van der Waals surface area (Å²) in [6.45, 7) is 0. The van der Waals surface area contributed by atoms with Crippen LogP contribution in [0.1, 0.15) is 24.0 Å². The van der Waals surface area contributed by atoms with Gasteiger partial charge in [0, 0.05) is 13.1 Å². The van der Waals surface area contributed by atoms with E-state index in [1.807, 2.05) is 11.0 Å². The summed E-state index contributed by atoms with van der Waals surface area (Å²) in [6.07, 6.45) is -2.34. The second kappa shape index (κ2) is 3.95. The molecular weight excluding hydrogens is 229 g/mol. The Balaban J connectivity index is 2.39. The lowest BCUT2D eigenvalue weighted by Gasteiger charge is -2.20. The first-order valence-electron chi connectivity index (χ1n) is 5.27. The van der Waals surface area contributed by atoms with Crippen molar-refractivity contribution in [2.24, 2.45) is 0 Å². The van der Waals surface area contributed by atoms with E-state index in [2.05, 4.69) is 0 Å². The number of halogens is 3. The van der Waals surface area contributed by atoms with E-state index in [-0.39, 0.29) is 5.56 Å². The molecule has 0 radical (unpaired) electrons. The quantitative estimate of drug-likeness (QED) is 0.793. The maximum absolute atomic E-state index is 12.5. The molecule has 1 aliphatic rings. The van der Waals surface area contributed by atoms with E-state index in [4.69, 9.17) is 5.26 Å². The van der Waals surface area contributed by atoms with Crippen LogP contribution in [0, 0.1) is 11.3 Å². The number of hydrogen-bond acceptors (Lipinski definition) is 2. The van der Waals surface area contributed by atoms with Gasteiger partial charge in [0.05, 0.1) is 16.8 Å². The van der Waals surface area contributed by atoms with Crippen LogP contribution in [-0.2, 0) is 6.18 Å². The van der Waals surface area contributed by atoms with Gasteiger partial charge in [-0.3, -0.25) is 0 Å². The van der Waals surface area contributed by atoms with E-state index >= 15 is 0 Å². The molecule has 2 rings (SSSR count). The number of nitriles is 1. The minimum atomic E-state index is -4.40. The first kappa shape index (κ1) is 11.8. The van der Waals surface area contributed by atoms with E-state index in [1.54, 1.807) is 7.05 Å². The number of rotatable bonds is 2. The molecule has 0 aliphatic heterocycles. The molecule has 0 heterocycles. The van der Waals surface area contributed by atoms with Gasteiger partial charge in [0.15, 0.2) is 0 Å². The molecule has 1 saturated carbocycles. The largest absolute Gasteiger partial charge is 0.416 e. The number of anilines is 1. The van der Waals surface area contributed by atoms with Crippen molar-refractivity contribution < 1.29 is 13.2 Å². The van der Waals surface area contributed by atoms with Gasteiger partial charge in [-0.25, -0.2) is 0 Å². The van der Waals surface area contributed by atoms with Crippen molar-refractivity contribution in [1.82, 2.24) is 0 Å². The van der Waals surface area contributed by atoms with Crippen molar-refractivity contribution in [3.05, 3.63) is 29.3 Å². The van der Waals surface area contributed by atoms with Crippen molar-refractivity contribution in [3.63, 3.8) is 0 Å². The monoisotopic (exact) mass is 240 g/mol. The second-order valence-corrected chi connectivity index (χ2v) is 4.18. The fourth-order valence-corrected chi connectivity index (χ4v) is 1.77. The second-order valence-electron chi connectivity index (χ2n) is 4.18. The lowest BCUT2D eigenvalue weighted by atomic mass is 10.1. The van der Waals surface area contributed by atoms with Gasteiger partial charge in [-0.1, -0.05) is 0 Å². The van der Waals surface area contributed by atoms with Gasteiger partial charge in [-0.15, -0.1) is 0 Å². The van der Waals surface area contributed by atoms with E-state index < -0.39 is 11.7 Å². The Morgan fingerprint density at radius 3 is 2.47 bits per heavy atom. The molecule has 1 fully saturated rings. The average molecular weight is 240 g/mol. The smallest absolute Gasteiger partial charge is 0.371 e. The van der Waals surface area contributed by atoms with Crippen molar-refractivity contribution >= 4 is 5.69 Å². The topological polar surface area (TPSA) is 27.0 Å². The highest BCUT2D eigenvalue weighted by molar-refractivity contribution is 5.61. The Morgan fingerprint density at radius 2 is 2.00 bits per heavy atom. The van der Waals surface area contributed by atoms with Gasteiger partial charge >= 0.3 is 6.18 Å². The molecule has 5 heteroatoms. The summed E-state index contributed by atoms with van der Waals surface area (Å²) >= 11 is 0. The summed E-state index contributed by atoms with van der Waals surface area (Å²) in [5.74, 6) is 0. The molecule has 2 nitrogen and oxygen atoms in total. The van der Waals surface area contributed by atoms with Crippen LogP contribution in [0.4, 0.5) is 18.9 Å². The zero-order valence-corrected chi connectivity index (χ0v) is 9.25. The molecule has 90 valence electrons.